The molecular weight excluding hydrogens is 331 g/mol. The quantitative estimate of drug-likeness (QED) is 0.785. The summed E-state index contributed by atoms with van der Waals surface area (Å²) in [7, 11) is 0. The van der Waals surface area contributed by atoms with E-state index in [9.17, 15) is 13.2 Å². The number of alkyl halides is 2. The van der Waals surface area contributed by atoms with Gasteiger partial charge in [0.15, 0.2) is 0 Å². The van der Waals surface area contributed by atoms with Crippen LogP contribution in [-0.4, -0.2) is 22.7 Å². The summed E-state index contributed by atoms with van der Waals surface area (Å²) >= 11 is 0. The van der Waals surface area contributed by atoms with Crippen molar-refractivity contribution in [3.05, 3.63) is 59.2 Å². The molecule has 3 heterocycles. The van der Waals surface area contributed by atoms with Gasteiger partial charge in [-0.25, -0.2) is 9.37 Å². The molecule has 0 aliphatic carbocycles. The second kappa shape index (κ2) is 6.40. The van der Waals surface area contributed by atoms with Crippen LogP contribution in [0.15, 0.2) is 36.5 Å². The molecular formula is C18H16F3N3O. The second-order valence-electron chi connectivity index (χ2n) is 5.94. The maximum atomic E-state index is 14.4. The summed E-state index contributed by atoms with van der Waals surface area (Å²) in [4.78, 5) is 4.46. The van der Waals surface area contributed by atoms with Crippen molar-refractivity contribution < 1.29 is 17.9 Å². The number of pyridine rings is 1. The van der Waals surface area contributed by atoms with E-state index in [1.54, 1.807) is 6.20 Å². The summed E-state index contributed by atoms with van der Waals surface area (Å²) < 4.78 is 45.1. The summed E-state index contributed by atoms with van der Waals surface area (Å²) in [5.41, 5.74) is 3.54. The van der Waals surface area contributed by atoms with E-state index < -0.39 is 12.4 Å². The molecule has 0 saturated carbocycles. The molecule has 1 aliphatic rings. The zero-order chi connectivity index (χ0) is 17.4. The standard InChI is InChI=1S/C18H16F3N3O/c19-15-8-12(25-18(20)21)4-3-11(15)10-24-16-9-22-7-5-13(16)14-2-1-6-23-17(14)24/h1-4,6,8,18,22H,5,7,9-10H2. The van der Waals surface area contributed by atoms with E-state index in [1.807, 2.05) is 16.7 Å². The molecule has 25 heavy (non-hydrogen) atoms. The Labute approximate surface area is 142 Å². The molecule has 0 spiro atoms. The third kappa shape index (κ3) is 2.95. The van der Waals surface area contributed by atoms with Gasteiger partial charge in [-0.2, -0.15) is 8.78 Å². The summed E-state index contributed by atoms with van der Waals surface area (Å²) in [6.45, 7) is -1.10. The van der Waals surface area contributed by atoms with Crippen molar-refractivity contribution >= 4 is 11.0 Å². The first-order chi connectivity index (χ1) is 12.1. The molecule has 0 saturated heterocycles. The summed E-state index contributed by atoms with van der Waals surface area (Å²) in [6.07, 6.45) is 2.61. The number of hydrogen-bond acceptors (Lipinski definition) is 3. The van der Waals surface area contributed by atoms with E-state index in [1.165, 1.54) is 17.7 Å². The molecule has 0 unspecified atom stereocenters. The number of nitrogens with zero attached hydrogens (tertiary/aromatic N) is 2. The monoisotopic (exact) mass is 347 g/mol. The molecule has 2 aromatic heterocycles. The van der Waals surface area contributed by atoms with Gasteiger partial charge in [0.25, 0.3) is 0 Å². The highest BCUT2D eigenvalue weighted by atomic mass is 19.3. The maximum Gasteiger partial charge on any atom is 0.387 e. The lowest BCUT2D eigenvalue weighted by atomic mass is 10.1. The highest BCUT2D eigenvalue weighted by Gasteiger charge is 2.21. The SMILES string of the molecule is Fc1cc(OC(F)F)ccc1Cn1c2c(c3cccnc31)CCNC2. The number of nitrogens with one attached hydrogen (secondary N) is 1. The van der Waals surface area contributed by atoms with Gasteiger partial charge in [-0.1, -0.05) is 6.07 Å². The van der Waals surface area contributed by atoms with Crippen molar-refractivity contribution in [3.63, 3.8) is 0 Å². The van der Waals surface area contributed by atoms with Gasteiger partial charge in [-0.3, -0.25) is 0 Å². The Morgan fingerprint density at radius 2 is 2.16 bits per heavy atom. The molecule has 0 atom stereocenters. The Morgan fingerprint density at radius 3 is 2.96 bits per heavy atom. The molecule has 1 N–H and O–H groups in total. The van der Waals surface area contributed by atoms with Crippen LogP contribution >= 0.6 is 0 Å². The predicted molar refractivity (Wildman–Crippen MR) is 87.3 cm³/mol. The Hall–Kier alpha value is -2.54. The largest absolute Gasteiger partial charge is 0.435 e. The van der Waals surface area contributed by atoms with Crippen LogP contribution < -0.4 is 10.1 Å². The highest BCUT2D eigenvalue weighted by Crippen LogP contribution is 2.29. The molecule has 0 amide bonds. The molecule has 4 nitrogen and oxygen atoms in total. The number of ether oxygens (including phenoxy) is 1. The van der Waals surface area contributed by atoms with Gasteiger partial charge in [0.05, 0.1) is 6.54 Å². The highest BCUT2D eigenvalue weighted by molar-refractivity contribution is 5.82. The van der Waals surface area contributed by atoms with Gasteiger partial charge in [0.1, 0.15) is 17.2 Å². The van der Waals surface area contributed by atoms with Crippen molar-refractivity contribution in [3.8, 4) is 5.75 Å². The van der Waals surface area contributed by atoms with Gasteiger partial charge in [-0.05, 0) is 36.7 Å². The van der Waals surface area contributed by atoms with Crippen LogP contribution in [0.4, 0.5) is 13.2 Å². The van der Waals surface area contributed by atoms with E-state index in [0.717, 1.165) is 35.8 Å². The van der Waals surface area contributed by atoms with Gasteiger partial charge in [0, 0.05) is 35.5 Å². The van der Waals surface area contributed by atoms with Gasteiger partial charge >= 0.3 is 6.61 Å². The van der Waals surface area contributed by atoms with E-state index in [4.69, 9.17) is 0 Å². The average Bonchev–Trinajstić information content (AvgIpc) is 2.91. The summed E-state index contributed by atoms with van der Waals surface area (Å²) in [5.74, 6) is -0.760. The van der Waals surface area contributed by atoms with Crippen molar-refractivity contribution in [1.82, 2.24) is 14.9 Å². The average molecular weight is 347 g/mol. The number of aromatic nitrogens is 2. The molecule has 4 rings (SSSR count). The predicted octanol–water partition coefficient (Wildman–Crippen LogP) is 3.47. The smallest absolute Gasteiger partial charge is 0.387 e. The Bertz CT molecular complexity index is 923. The zero-order valence-electron chi connectivity index (χ0n) is 13.3. The van der Waals surface area contributed by atoms with E-state index in [2.05, 4.69) is 15.0 Å². The van der Waals surface area contributed by atoms with Crippen LogP contribution in [0.2, 0.25) is 0 Å². The van der Waals surface area contributed by atoms with Gasteiger partial charge in [0.2, 0.25) is 0 Å². The zero-order valence-corrected chi connectivity index (χ0v) is 13.3. The molecule has 0 bridgehead atoms. The lowest BCUT2D eigenvalue weighted by molar-refractivity contribution is -0.0500. The van der Waals surface area contributed by atoms with E-state index in [0.29, 0.717) is 12.1 Å². The molecule has 0 radical (unpaired) electrons. The Morgan fingerprint density at radius 1 is 1.28 bits per heavy atom. The van der Waals surface area contributed by atoms with Crippen LogP contribution in [0, 0.1) is 5.82 Å². The first-order valence-corrected chi connectivity index (χ1v) is 8.02. The maximum absolute atomic E-state index is 14.4. The van der Waals surface area contributed by atoms with Gasteiger partial charge in [-0.15, -0.1) is 0 Å². The molecule has 130 valence electrons. The Balaban J connectivity index is 1.74. The third-order valence-corrected chi connectivity index (χ3v) is 4.46. The van der Waals surface area contributed by atoms with Crippen LogP contribution in [0.5, 0.6) is 5.75 Å². The molecule has 3 aromatic rings. The molecule has 1 aromatic carbocycles. The third-order valence-electron chi connectivity index (χ3n) is 4.46. The van der Waals surface area contributed by atoms with Crippen LogP contribution in [0.3, 0.4) is 0 Å². The lowest BCUT2D eigenvalue weighted by Crippen LogP contribution is -2.25. The minimum Gasteiger partial charge on any atom is -0.435 e. The minimum atomic E-state index is -2.97. The van der Waals surface area contributed by atoms with Crippen molar-refractivity contribution in [2.75, 3.05) is 6.54 Å². The van der Waals surface area contributed by atoms with E-state index >= 15 is 0 Å². The van der Waals surface area contributed by atoms with Crippen molar-refractivity contribution in [1.29, 1.82) is 0 Å². The summed E-state index contributed by atoms with van der Waals surface area (Å²) in [6, 6.07) is 7.75. The van der Waals surface area contributed by atoms with Crippen LogP contribution in [0.1, 0.15) is 16.8 Å². The summed E-state index contributed by atoms with van der Waals surface area (Å²) in [5, 5.41) is 4.41. The first-order valence-electron chi connectivity index (χ1n) is 8.02. The Kier molecular flexibility index (Phi) is 4.09. The number of benzene rings is 1. The van der Waals surface area contributed by atoms with E-state index in [-0.39, 0.29) is 12.3 Å². The number of fused-ring (bicyclic) bond motifs is 3. The number of rotatable bonds is 4. The first kappa shape index (κ1) is 16.0. The molecule has 0 fully saturated rings. The fraction of sp³-hybridized carbons (Fsp3) is 0.278. The fourth-order valence-electron chi connectivity index (χ4n) is 3.37. The minimum absolute atomic E-state index is 0.185. The molecule has 1 aliphatic heterocycles. The number of halogens is 3. The van der Waals surface area contributed by atoms with Crippen molar-refractivity contribution in [2.45, 2.75) is 26.1 Å². The topological polar surface area (TPSA) is 39.1 Å². The molecule has 7 heteroatoms. The normalized spacial score (nSPS) is 14.1. The fourth-order valence-corrected chi connectivity index (χ4v) is 3.37. The lowest BCUT2D eigenvalue weighted by Gasteiger charge is -2.17. The van der Waals surface area contributed by atoms with Crippen molar-refractivity contribution in [2.24, 2.45) is 0 Å². The second-order valence-corrected chi connectivity index (χ2v) is 5.94. The number of hydrogen-bond donors (Lipinski definition) is 1. The van der Waals surface area contributed by atoms with Crippen LogP contribution in [0.25, 0.3) is 11.0 Å². The van der Waals surface area contributed by atoms with Crippen LogP contribution in [-0.2, 0) is 19.5 Å². The van der Waals surface area contributed by atoms with Gasteiger partial charge < -0.3 is 14.6 Å².